The van der Waals surface area contributed by atoms with Crippen LogP contribution in [0, 0.1) is 0 Å². The molecule has 1 atom stereocenters. The van der Waals surface area contributed by atoms with Crippen LogP contribution in [-0.4, -0.2) is 27.1 Å². The van der Waals surface area contributed by atoms with Crippen molar-refractivity contribution in [2.75, 3.05) is 0 Å². The molecule has 0 radical (unpaired) electrons. The lowest BCUT2D eigenvalue weighted by atomic mass is 10.3. The average Bonchev–Trinajstić information content (AvgIpc) is 2.85. The number of thiazole rings is 1. The molecule has 2 rings (SSSR count). The van der Waals surface area contributed by atoms with Crippen molar-refractivity contribution >= 4 is 17.3 Å². The lowest BCUT2D eigenvalue weighted by Crippen LogP contribution is -2.33. The summed E-state index contributed by atoms with van der Waals surface area (Å²) in [4.78, 5) is 19.3. The molecule has 94 valence electrons. The van der Waals surface area contributed by atoms with E-state index in [9.17, 15) is 4.79 Å². The monoisotopic (exact) mass is 263 g/mol. The summed E-state index contributed by atoms with van der Waals surface area (Å²) in [7, 11) is 0. The first-order valence-corrected chi connectivity index (χ1v) is 6.37. The molecule has 5 nitrogen and oxygen atoms in total. The van der Waals surface area contributed by atoms with Crippen molar-refractivity contribution in [2.24, 2.45) is 0 Å². The first kappa shape index (κ1) is 12.7. The quantitative estimate of drug-likeness (QED) is 0.860. The minimum absolute atomic E-state index is 0.441. The molecule has 2 heterocycles. The maximum absolute atomic E-state index is 10.7. The minimum Gasteiger partial charge on any atom is -0.480 e. The van der Waals surface area contributed by atoms with Gasteiger partial charge < -0.3 is 5.11 Å². The molecule has 0 bridgehead atoms. The van der Waals surface area contributed by atoms with Gasteiger partial charge in [-0.2, -0.15) is 0 Å². The highest BCUT2D eigenvalue weighted by molar-refractivity contribution is 7.13. The van der Waals surface area contributed by atoms with Crippen LogP contribution in [-0.2, 0) is 11.3 Å². The Morgan fingerprint density at radius 2 is 2.39 bits per heavy atom. The Hall–Kier alpha value is -1.79. The summed E-state index contributed by atoms with van der Waals surface area (Å²) in [5, 5.41) is 14.4. The van der Waals surface area contributed by atoms with Crippen LogP contribution in [0.4, 0.5) is 0 Å². The Labute approximate surface area is 109 Å². The third-order valence-electron chi connectivity index (χ3n) is 2.40. The average molecular weight is 263 g/mol. The molecule has 1 unspecified atom stereocenters. The fraction of sp³-hybridized carbons (Fsp3) is 0.250. The zero-order valence-electron chi connectivity index (χ0n) is 9.83. The van der Waals surface area contributed by atoms with Crippen molar-refractivity contribution in [1.29, 1.82) is 0 Å². The van der Waals surface area contributed by atoms with Crippen molar-refractivity contribution in [1.82, 2.24) is 15.3 Å². The Morgan fingerprint density at radius 1 is 1.56 bits per heavy atom. The van der Waals surface area contributed by atoms with Gasteiger partial charge in [0.05, 0.1) is 11.4 Å². The van der Waals surface area contributed by atoms with Gasteiger partial charge in [0, 0.05) is 18.1 Å². The van der Waals surface area contributed by atoms with E-state index in [1.807, 2.05) is 23.6 Å². The molecule has 0 aliphatic heterocycles. The summed E-state index contributed by atoms with van der Waals surface area (Å²) < 4.78 is 0. The zero-order valence-corrected chi connectivity index (χ0v) is 10.6. The number of carbonyl (C=O) groups is 1. The van der Waals surface area contributed by atoms with Crippen molar-refractivity contribution < 1.29 is 9.90 Å². The summed E-state index contributed by atoms with van der Waals surface area (Å²) in [6, 6.07) is 5.09. The van der Waals surface area contributed by atoms with Crippen LogP contribution >= 0.6 is 11.3 Å². The zero-order chi connectivity index (χ0) is 13.0. The fourth-order valence-electron chi connectivity index (χ4n) is 1.34. The number of hydrogen-bond acceptors (Lipinski definition) is 5. The number of aliphatic carboxylic acids is 1. The molecule has 2 aromatic heterocycles. The van der Waals surface area contributed by atoms with Crippen molar-refractivity contribution in [3.05, 3.63) is 35.5 Å². The second-order valence-corrected chi connectivity index (χ2v) is 4.66. The summed E-state index contributed by atoms with van der Waals surface area (Å²) in [5.41, 5.74) is 1.66. The molecule has 0 saturated heterocycles. The van der Waals surface area contributed by atoms with E-state index in [4.69, 9.17) is 5.11 Å². The van der Waals surface area contributed by atoms with Crippen LogP contribution in [0.1, 0.15) is 12.6 Å². The molecule has 18 heavy (non-hydrogen) atoms. The van der Waals surface area contributed by atoms with E-state index in [0.717, 1.165) is 16.4 Å². The number of hydrogen-bond donors (Lipinski definition) is 2. The summed E-state index contributed by atoms with van der Waals surface area (Å²) in [5.74, 6) is -0.866. The van der Waals surface area contributed by atoms with E-state index in [0.29, 0.717) is 6.54 Å². The molecular formula is C12H13N3O2S. The third-order valence-corrected chi connectivity index (χ3v) is 3.31. The predicted molar refractivity (Wildman–Crippen MR) is 69.3 cm³/mol. The van der Waals surface area contributed by atoms with E-state index in [2.05, 4.69) is 15.3 Å². The Bertz CT molecular complexity index is 527. The van der Waals surface area contributed by atoms with E-state index in [1.165, 1.54) is 11.3 Å². The van der Waals surface area contributed by atoms with Gasteiger partial charge >= 0.3 is 5.97 Å². The maximum Gasteiger partial charge on any atom is 0.320 e. The molecule has 0 aliphatic rings. The van der Waals surface area contributed by atoms with Gasteiger partial charge in [-0.3, -0.25) is 15.1 Å². The van der Waals surface area contributed by atoms with Gasteiger partial charge in [0.2, 0.25) is 0 Å². The van der Waals surface area contributed by atoms with Crippen LogP contribution in [0.3, 0.4) is 0 Å². The van der Waals surface area contributed by atoms with Crippen LogP contribution in [0.25, 0.3) is 10.7 Å². The van der Waals surface area contributed by atoms with Crippen LogP contribution in [0.2, 0.25) is 0 Å². The van der Waals surface area contributed by atoms with Gasteiger partial charge in [-0.25, -0.2) is 4.98 Å². The van der Waals surface area contributed by atoms with E-state index in [-0.39, 0.29) is 0 Å². The van der Waals surface area contributed by atoms with Crippen molar-refractivity contribution in [3.8, 4) is 10.7 Å². The number of nitrogens with one attached hydrogen (secondary N) is 1. The summed E-state index contributed by atoms with van der Waals surface area (Å²) in [6.45, 7) is 2.05. The molecule has 6 heteroatoms. The van der Waals surface area contributed by atoms with Gasteiger partial charge in [-0.15, -0.1) is 11.3 Å². The first-order chi connectivity index (χ1) is 8.66. The minimum atomic E-state index is -0.866. The normalized spacial score (nSPS) is 12.3. The number of rotatable bonds is 5. The number of carboxylic acid groups (broad SMARTS) is 1. The second kappa shape index (κ2) is 5.70. The van der Waals surface area contributed by atoms with Gasteiger partial charge in [-0.1, -0.05) is 6.07 Å². The van der Waals surface area contributed by atoms with Gasteiger partial charge in [0.15, 0.2) is 0 Å². The van der Waals surface area contributed by atoms with E-state index < -0.39 is 12.0 Å². The first-order valence-electron chi connectivity index (χ1n) is 5.49. The Balaban J connectivity index is 2.01. The molecule has 0 amide bonds. The van der Waals surface area contributed by atoms with Crippen molar-refractivity contribution in [3.63, 3.8) is 0 Å². The second-order valence-electron chi connectivity index (χ2n) is 3.80. The smallest absolute Gasteiger partial charge is 0.320 e. The van der Waals surface area contributed by atoms with Crippen molar-refractivity contribution in [2.45, 2.75) is 19.5 Å². The maximum atomic E-state index is 10.7. The molecule has 2 aromatic rings. The van der Waals surface area contributed by atoms with Gasteiger partial charge in [0.1, 0.15) is 11.0 Å². The molecule has 0 spiro atoms. The van der Waals surface area contributed by atoms with E-state index >= 15 is 0 Å². The molecule has 0 fully saturated rings. The number of nitrogens with zero attached hydrogens (tertiary/aromatic N) is 2. The fourth-order valence-corrected chi connectivity index (χ4v) is 2.14. The van der Waals surface area contributed by atoms with Gasteiger partial charge in [-0.05, 0) is 19.1 Å². The Kier molecular flexibility index (Phi) is 4.01. The Morgan fingerprint density at radius 3 is 3.06 bits per heavy atom. The number of pyridine rings is 1. The highest BCUT2D eigenvalue weighted by Gasteiger charge is 2.11. The van der Waals surface area contributed by atoms with E-state index in [1.54, 1.807) is 13.1 Å². The van der Waals surface area contributed by atoms with Crippen LogP contribution in [0.5, 0.6) is 0 Å². The topological polar surface area (TPSA) is 75.1 Å². The predicted octanol–water partition coefficient (Wildman–Crippen LogP) is 1.77. The largest absolute Gasteiger partial charge is 0.480 e. The van der Waals surface area contributed by atoms with Crippen LogP contribution in [0.15, 0.2) is 29.8 Å². The molecular weight excluding hydrogens is 250 g/mol. The molecule has 2 N–H and O–H groups in total. The lowest BCUT2D eigenvalue weighted by Gasteiger charge is -2.06. The summed E-state index contributed by atoms with van der Waals surface area (Å²) in [6.07, 6.45) is 1.72. The highest BCUT2D eigenvalue weighted by Crippen LogP contribution is 2.21. The standard InChI is InChI=1S/C12H13N3O2S/c1-8(12(16)17)14-6-9-7-18-11(15-9)10-4-2-3-5-13-10/h2-5,7-8,14H,6H2,1H3,(H,16,17). The molecule has 0 saturated carbocycles. The number of aromatic nitrogens is 2. The molecule has 0 aliphatic carbocycles. The van der Waals surface area contributed by atoms with Gasteiger partial charge in [0.25, 0.3) is 0 Å². The third kappa shape index (κ3) is 3.12. The van der Waals surface area contributed by atoms with Crippen LogP contribution < -0.4 is 5.32 Å². The highest BCUT2D eigenvalue weighted by atomic mass is 32.1. The SMILES string of the molecule is CC(NCc1csc(-c2ccccn2)n1)C(=O)O. The number of carboxylic acids is 1. The molecule has 0 aromatic carbocycles. The summed E-state index contributed by atoms with van der Waals surface area (Å²) >= 11 is 1.50. The lowest BCUT2D eigenvalue weighted by molar-refractivity contribution is -0.139.